The van der Waals surface area contributed by atoms with Gasteiger partial charge in [0.1, 0.15) is 0 Å². The normalized spacial score (nSPS) is 16.7. The Morgan fingerprint density at radius 3 is 2.71 bits per heavy atom. The van der Waals surface area contributed by atoms with Crippen molar-refractivity contribution < 1.29 is 4.79 Å². The largest absolute Gasteiger partial charge is 0.359 e. The molecule has 0 aliphatic heterocycles. The molecule has 0 amide bonds. The first kappa shape index (κ1) is 9.25. The summed E-state index contributed by atoms with van der Waals surface area (Å²) in [6.45, 7) is 0. The molecule has 14 heavy (non-hydrogen) atoms. The van der Waals surface area contributed by atoms with Crippen LogP contribution in [0.5, 0.6) is 0 Å². The number of nitrogens with one attached hydrogen (secondary N) is 1. The number of carbonyl (C=O) groups excluding carboxylic acids is 1. The molecule has 1 aromatic heterocycles. The number of aromatic nitrogens is 1. The lowest BCUT2D eigenvalue weighted by Crippen LogP contribution is -2.00. The summed E-state index contributed by atoms with van der Waals surface area (Å²) in [6, 6.07) is 3.68. The minimum absolute atomic E-state index is 0.118. The molecule has 0 saturated heterocycles. The Morgan fingerprint density at radius 2 is 2.07 bits per heavy atom. The SMILES string of the molecule is O=C(C=C1CCCCC1)c1ccc[nH]1. The highest BCUT2D eigenvalue weighted by Gasteiger charge is 2.08. The molecule has 1 aromatic rings. The maximum atomic E-state index is 11.7. The van der Waals surface area contributed by atoms with Crippen molar-refractivity contribution in [2.75, 3.05) is 0 Å². The molecule has 0 unspecified atom stereocenters. The summed E-state index contributed by atoms with van der Waals surface area (Å²) in [5.74, 6) is 0.118. The van der Waals surface area contributed by atoms with Crippen molar-refractivity contribution in [3.63, 3.8) is 0 Å². The second-order valence-corrected chi connectivity index (χ2v) is 3.81. The van der Waals surface area contributed by atoms with E-state index in [2.05, 4.69) is 4.98 Å². The van der Waals surface area contributed by atoms with Gasteiger partial charge in [-0.25, -0.2) is 0 Å². The molecule has 0 radical (unpaired) electrons. The van der Waals surface area contributed by atoms with Crippen LogP contribution in [0.3, 0.4) is 0 Å². The summed E-state index contributed by atoms with van der Waals surface area (Å²) in [4.78, 5) is 14.6. The predicted octanol–water partition coefficient (Wildman–Crippen LogP) is 3.09. The number of ketones is 1. The zero-order valence-corrected chi connectivity index (χ0v) is 8.25. The fourth-order valence-corrected chi connectivity index (χ4v) is 1.90. The number of aromatic amines is 1. The molecule has 0 spiro atoms. The quantitative estimate of drug-likeness (QED) is 0.562. The molecule has 1 aliphatic carbocycles. The Kier molecular flexibility index (Phi) is 2.82. The lowest BCUT2D eigenvalue weighted by molar-refractivity contribution is 0.104. The van der Waals surface area contributed by atoms with Gasteiger partial charge in [0.15, 0.2) is 0 Å². The molecule has 1 aliphatic rings. The third-order valence-electron chi connectivity index (χ3n) is 2.69. The van der Waals surface area contributed by atoms with Crippen LogP contribution in [0, 0.1) is 0 Å². The average molecular weight is 189 g/mol. The molecule has 0 bridgehead atoms. The molecule has 1 fully saturated rings. The van der Waals surface area contributed by atoms with E-state index in [0.717, 1.165) is 12.8 Å². The first-order valence-electron chi connectivity index (χ1n) is 5.23. The summed E-state index contributed by atoms with van der Waals surface area (Å²) < 4.78 is 0. The van der Waals surface area contributed by atoms with Crippen LogP contribution in [0.25, 0.3) is 0 Å². The summed E-state index contributed by atoms with van der Waals surface area (Å²) >= 11 is 0. The first-order chi connectivity index (χ1) is 6.86. The Balaban J connectivity index is 2.05. The van der Waals surface area contributed by atoms with Crippen molar-refractivity contribution in [3.8, 4) is 0 Å². The fraction of sp³-hybridized carbons (Fsp3) is 0.417. The smallest absolute Gasteiger partial charge is 0.201 e. The summed E-state index contributed by atoms with van der Waals surface area (Å²) in [5.41, 5.74) is 2.01. The molecular formula is C12H15NO. The van der Waals surface area contributed by atoms with Crippen LogP contribution >= 0.6 is 0 Å². The van der Waals surface area contributed by atoms with Crippen LogP contribution in [0.1, 0.15) is 42.6 Å². The van der Waals surface area contributed by atoms with E-state index in [0.29, 0.717) is 5.69 Å². The Labute approximate surface area is 84.0 Å². The van der Waals surface area contributed by atoms with Gasteiger partial charge in [-0.05, 0) is 43.9 Å². The molecular weight excluding hydrogens is 174 g/mol. The minimum atomic E-state index is 0.118. The highest BCUT2D eigenvalue weighted by atomic mass is 16.1. The molecule has 74 valence electrons. The van der Waals surface area contributed by atoms with E-state index in [1.165, 1.54) is 24.8 Å². The van der Waals surface area contributed by atoms with Gasteiger partial charge in [-0.3, -0.25) is 4.79 Å². The predicted molar refractivity (Wildman–Crippen MR) is 56.3 cm³/mol. The van der Waals surface area contributed by atoms with E-state index in [1.54, 1.807) is 6.20 Å². The Morgan fingerprint density at radius 1 is 1.29 bits per heavy atom. The third kappa shape index (κ3) is 2.13. The monoisotopic (exact) mass is 189 g/mol. The van der Waals surface area contributed by atoms with Gasteiger partial charge >= 0.3 is 0 Å². The van der Waals surface area contributed by atoms with Crippen molar-refractivity contribution in [3.05, 3.63) is 35.7 Å². The van der Waals surface area contributed by atoms with E-state index >= 15 is 0 Å². The molecule has 1 heterocycles. The molecule has 0 atom stereocenters. The third-order valence-corrected chi connectivity index (χ3v) is 2.69. The number of hydrogen-bond donors (Lipinski definition) is 1. The van der Waals surface area contributed by atoms with Gasteiger partial charge in [0.05, 0.1) is 5.69 Å². The lowest BCUT2D eigenvalue weighted by Gasteiger charge is -2.12. The maximum Gasteiger partial charge on any atom is 0.201 e. The van der Waals surface area contributed by atoms with E-state index in [9.17, 15) is 4.79 Å². The van der Waals surface area contributed by atoms with Gasteiger partial charge in [-0.2, -0.15) is 0 Å². The van der Waals surface area contributed by atoms with Gasteiger partial charge in [-0.1, -0.05) is 12.0 Å². The van der Waals surface area contributed by atoms with Crippen LogP contribution < -0.4 is 0 Å². The highest BCUT2D eigenvalue weighted by Crippen LogP contribution is 2.22. The summed E-state index contributed by atoms with van der Waals surface area (Å²) in [6.07, 6.45) is 9.60. The van der Waals surface area contributed by atoms with Gasteiger partial charge in [0.2, 0.25) is 5.78 Å². The second-order valence-electron chi connectivity index (χ2n) is 3.81. The molecule has 0 aromatic carbocycles. The van der Waals surface area contributed by atoms with Gasteiger partial charge in [-0.15, -0.1) is 0 Å². The number of carbonyl (C=O) groups is 1. The average Bonchev–Trinajstić information content (AvgIpc) is 2.72. The van der Waals surface area contributed by atoms with E-state index in [-0.39, 0.29) is 5.78 Å². The van der Waals surface area contributed by atoms with E-state index < -0.39 is 0 Å². The first-order valence-corrected chi connectivity index (χ1v) is 5.23. The number of allylic oxidation sites excluding steroid dienone is 2. The maximum absolute atomic E-state index is 11.7. The summed E-state index contributed by atoms with van der Waals surface area (Å²) in [5, 5.41) is 0. The Bertz CT molecular complexity index is 327. The minimum Gasteiger partial charge on any atom is -0.359 e. The standard InChI is InChI=1S/C12H15NO/c14-12(11-7-4-8-13-11)9-10-5-2-1-3-6-10/h4,7-9,13H,1-3,5-6H2. The molecule has 2 nitrogen and oxygen atoms in total. The molecule has 1 N–H and O–H groups in total. The van der Waals surface area contributed by atoms with Crippen LogP contribution in [-0.4, -0.2) is 10.8 Å². The van der Waals surface area contributed by atoms with Crippen LogP contribution in [-0.2, 0) is 0 Å². The van der Waals surface area contributed by atoms with Crippen molar-refractivity contribution in [2.24, 2.45) is 0 Å². The fourth-order valence-electron chi connectivity index (χ4n) is 1.90. The van der Waals surface area contributed by atoms with E-state index in [4.69, 9.17) is 0 Å². The number of rotatable bonds is 2. The number of H-pyrrole nitrogens is 1. The van der Waals surface area contributed by atoms with E-state index in [1.807, 2.05) is 18.2 Å². The van der Waals surface area contributed by atoms with Gasteiger partial charge in [0.25, 0.3) is 0 Å². The zero-order valence-electron chi connectivity index (χ0n) is 8.25. The van der Waals surface area contributed by atoms with Gasteiger partial charge < -0.3 is 4.98 Å². The van der Waals surface area contributed by atoms with Crippen molar-refractivity contribution >= 4 is 5.78 Å². The lowest BCUT2D eigenvalue weighted by atomic mass is 9.94. The molecule has 2 rings (SSSR count). The van der Waals surface area contributed by atoms with Crippen LogP contribution in [0.15, 0.2) is 30.0 Å². The van der Waals surface area contributed by atoms with Crippen molar-refractivity contribution in [1.82, 2.24) is 4.98 Å². The number of hydrogen-bond acceptors (Lipinski definition) is 1. The molecule has 2 heteroatoms. The molecule has 1 saturated carbocycles. The van der Waals surface area contributed by atoms with Crippen LogP contribution in [0.4, 0.5) is 0 Å². The summed E-state index contributed by atoms with van der Waals surface area (Å²) in [7, 11) is 0. The Hall–Kier alpha value is -1.31. The highest BCUT2D eigenvalue weighted by molar-refractivity contribution is 6.03. The van der Waals surface area contributed by atoms with Crippen molar-refractivity contribution in [1.29, 1.82) is 0 Å². The topological polar surface area (TPSA) is 32.9 Å². The second kappa shape index (κ2) is 4.27. The van der Waals surface area contributed by atoms with Gasteiger partial charge in [0, 0.05) is 6.20 Å². The zero-order chi connectivity index (χ0) is 9.80. The van der Waals surface area contributed by atoms with Crippen molar-refractivity contribution in [2.45, 2.75) is 32.1 Å². The van der Waals surface area contributed by atoms with Crippen LogP contribution in [0.2, 0.25) is 0 Å².